The number of aromatic nitrogens is 4. The van der Waals surface area contributed by atoms with Gasteiger partial charge in [-0.1, -0.05) is 15.9 Å². The minimum absolute atomic E-state index is 0.160. The van der Waals surface area contributed by atoms with Crippen LogP contribution in [0, 0.1) is 5.82 Å². The smallest absolute Gasteiger partial charge is 0.269 e. The van der Waals surface area contributed by atoms with Crippen LogP contribution in [0.15, 0.2) is 41.0 Å². The Labute approximate surface area is 144 Å². The zero-order valence-electron chi connectivity index (χ0n) is 12.3. The normalized spacial score (nSPS) is 13.5. The summed E-state index contributed by atoms with van der Waals surface area (Å²) in [7, 11) is 0. The van der Waals surface area contributed by atoms with Crippen molar-refractivity contribution in [2.45, 2.75) is 6.54 Å². The van der Waals surface area contributed by atoms with E-state index in [-0.39, 0.29) is 11.7 Å². The highest BCUT2D eigenvalue weighted by molar-refractivity contribution is 9.10. The standard InChI is InChI=1S/C16H11BrFN5O/c17-9-1-2-11(18)10(7-9)15-19-4-3-12(21-15)13-8-14-16(24)20-5-6-23(14)22-13/h1-4,7-8H,5-6H2,(H,20,24). The number of nitrogens with one attached hydrogen (secondary N) is 1. The fourth-order valence-electron chi connectivity index (χ4n) is 2.56. The van der Waals surface area contributed by atoms with E-state index < -0.39 is 5.82 Å². The molecule has 3 heterocycles. The number of hydrogen-bond donors (Lipinski definition) is 1. The van der Waals surface area contributed by atoms with Gasteiger partial charge in [-0.2, -0.15) is 5.10 Å². The first kappa shape index (κ1) is 14.9. The maximum Gasteiger partial charge on any atom is 0.269 e. The van der Waals surface area contributed by atoms with E-state index in [1.165, 1.54) is 6.07 Å². The highest BCUT2D eigenvalue weighted by Crippen LogP contribution is 2.25. The van der Waals surface area contributed by atoms with Gasteiger partial charge in [0, 0.05) is 17.2 Å². The van der Waals surface area contributed by atoms with Crippen LogP contribution >= 0.6 is 15.9 Å². The van der Waals surface area contributed by atoms with E-state index in [0.717, 1.165) is 4.47 Å². The zero-order valence-corrected chi connectivity index (χ0v) is 13.9. The monoisotopic (exact) mass is 387 g/mol. The molecule has 1 aromatic carbocycles. The summed E-state index contributed by atoms with van der Waals surface area (Å²) in [6.45, 7) is 1.16. The predicted octanol–water partition coefficient (Wildman–Crippen LogP) is 2.65. The Balaban J connectivity index is 1.78. The van der Waals surface area contributed by atoms with E-state index >= 15 is 0 Å². The minimum atomic E-state index is -0.404. The van der Waals surface area contributed by atoms with Crippen molar-refractivity contribution in [1.29, 1.82) is 0 Å². The third-order valence-electron chi connectivity index (χ3n) is 3.71. The quantitative estimate of drug-likeness (QED) is 0.733. The molecule has 120 valence electrons. The number of carbonyl (C=O) groups excluding carboxylic acids is 1. The van der Waals surface area contributed by atoms with Crippen molar-refractivity contribution in [2.75, 3.05) is 6.54 Å². The van der Waals surface area contributed by atoms with Gasteiger partial charge in [-0.25, -0.2) is 14.4 Å². The molecule has 3 aromatic rings. The summed E-state index contributed by atoms with van der Waals surface area (Å²) in [5.74, 6) is -0.298. The van der Waals surface area contributed by atoms with Gasteiger partial charge in [-0.05, 0) is 30.3 Å². The Morgan fingerprint density at radius 1 is 1.21 bits per heavy atom. The molecule has 24 heavy (non-hydrogen) atoms. The average Bonchev–Trinajstić information content (AvgIpc) is 3.03. The molecule has 0 saturated carbocycles. The Kier molecular flexibility index (Phi) is 3.61. The maximum absolute atomic E-state index is 14.1. The Hall–Kier alpha value is -2.61. The molecular formula is C16H11BrFN5O. The predicted molar refractivity (Wildman–Crippen MR) is 88.7 cm³/mol. The van der Waals surface area contributed by atoms with E-state index in [0.29, 0.717) is 35.7 Å². The number of nitrogens with zero attached hydrogens (tertiary/aromatic N) is 4. The summed E-state index contributed by atoms with van der Waals surface area (Å²) in [6, 6.07) is 7.96. The van der Waals surface area contributed by atoms with Crippen molar-refractivity contribution in [2.24, 2.45) is 0 Å². The fraction of sp³-hybridized carbons (Fsp3) is 0.125. The summed E-state index contributed by atoms with van der Waals surface area (Å²) in [6.07, 6.45) is 1.55. The van der Waals surface area contributed by atoms with Crippen LogP contribution in [0.25, 0.3) is 22.8 Å². The van der Waals surface area contributed by atoms with E-state index in [1.54, 1.807) is 35.1 Å². The first-order valence-electron chi connectivity index (χ1n) is 7.27. The summed E-state index contributed by atoms with van der Waals surface area (Å²) < 4.78 is 16.4. The van der Waals surface area contributed by atoms with Gasteiger partial charge in [-0.3, -0.25) is 9.48 Å². The molecule has 1 aliphatic heterocycles. The second kappa shape index (κ2) is 5.79. The number of halogens is 2. The molecule has 1 N–H and O–H groups in total. The van der Waals surface area contributed by atoms with E-state index in [9.17, 15) is 9.18 Å². The molecule has 4 rings (SSSR count). The highest BCUT2D eigenvalue weighted by Gasteiger charge is 2.20. The number of benzene rings is 1. The van der Waals surface area contributed by atoms with Crippen molar-refractivity contribution in [3.63, 3.8) is 0 Å². The second-order valence-corrected chi connectivity index (χ2v) is 6.20. The summed E-state index contributed by atoms with van der Waals surface area (Å²) in [4.78, 5) is 20.4. The first-order valence-corrected chi connectivity index (χ1v) is 8.06. The van der Waals surface area contributed by atoms with Gasteiger partial charge in [0.1, 0.15) is 17.2 Å². The van der Waals surface area contributed by atoms with E-state index in [2.05, 4.69) is 36.3 Å². The molecule has 1 amide bonds. The van der Waals surface area contributed by atoms with Crippen LogP contribution in [0.1, 0.15) is 10.5 Å². The van der Waals surface area contributed by atoms with Crippen LogP contribution in [-0.2, 0) is 6.54 Å². The van der Waals surface area contributed by atoms with Crippen LogP contribution in [0.5, 0.6) is 0 Å². The molecule has 0 atom stereocenters. The minimum Gasteiger partial charge on any atom is -0.349 e. The lowest BCUT2D eigenvalue weighted by Crippen LogP contribution is -2.35. The van der Waals surface area contributed by atoms with Gasteiger partial charge in [0.15, 0.2) is 5.82 Å². The van der Waals surface area contributed by atoms with Gasteiger partial charge in [0.05, 0.1) is 17.8 Å². The molecule has 6 nitrogen and oxygen atoms in total. The van der Waals surface area contributed by atoms with E-state index in [4.69, 9.17) is 0 Å². The van der Waals surface area contributed by atoms with Crippen molar-refractivity contribution in [1.82, 2.24) is 25.1 Å². The lowest BCUT2D eigenvalue weighted by Gasteiger charge is -2.13. The SMILES string of the molecule is O=C1NCCn2nc(-c3ccnc(-c4cc(Br)ccc4F)n3)cc21. The van der Waals surface area contributed by atoms with Crippen LogP contribution < -0.4 is 5.32 Å². The molecule has 1 aliphatic rings. The average molecular weight is 388 g/mol. The fourth-order valence-corrected chi connectivity index (χ4v) is 2.92. The van der Waals surface area contributed by atoms with Crippen LogP contribution in [0.2, 0.25) is 0 Å². The molecule has 2 aromatic heterocycles. The van der Waals surface area contributed by atoms with Gasteiger partial charge in [-0.15, -0.1) is 0 Å². The number of hydrogen-bond acceptors (Lipinski definition) is 4. The Morgan fingerprint density at radius 2 is 2.08 bits per heavy atom. The number of amides is 1. The van der Waals surface area contributed by atoms with Gasteiger partial charge >= 0.3 is 0 Å². The molecule has 0 aliphatic carbocycles. The molecular weight excluding hydrogens is 377 g/mol. The number of carbonyl (C=O) groups is 1. The lowest BCUT2D eigenvalue weighted by atomic mass is 10.2. The molecule has 0 fully saturated rings. The largest absolute Gasteiger partial charge is 0.349 e. The third-order valence-corrected chi connectivity index (χ3v) is 4.20. The van der Waals surface area contributed by atoms with Crippen molar-refractivity contribution in [3.05, 3.63) is 52.5 Å². The van der Waals surface area contributed by atoms with E-state index in [1.807, 2.05) is 0 Å². The molecule has 8 heteroatoms. The molecule has 0 spiro atoms. The first-order chi connectivity index (χ1) is 11.6. The summed E-state index contributed by atoms with van der Waals surface area (Å²) >= 11 is 3.32. The lowest BCUT2D eigenvalue weighted by molar-refractivity contribution is 0.0924. The van der Waals surface area contributed by atoms with Gasteiger partial charge in [0.25, 0.3) is 5.91 Å². The number of rotatable bonds is 2. The Bertz CT molecular complexity index is 955. The summed E-state index contributed by atoms with van der Waals surface area (Å²) in [5.41, 5.74) is 1.88. The third kappa shape index (κ3) is 2.58. The zero-order chi connectivity index (χ0) is 16.7. The molecule has 0 bridgehead atoms. The van der Waals surface area contributed by atoms with Crippen LogP contribution in [0.4, 0.5) is 4.39 Å². The van der Waals surface area contributed by atoms with Gasteiger partial charge in [0.2, 0.25) is 0 Å². The van der Waals surface area contributed by atoms with Crippen LogP contribution in [-0.4, -0.2) is 32.2 Å². The molecule has 0 radical (unpaired) electrons. The summed E-state index contributed by atoms with van der Waals surface area (Å²) in [5, 5.41) is 7.18. The number of fused-ring (bicyclic) bond motifs is 1. The molecule has 0 saturated heterocycles. The van der Waals surface area contributed by atoms with Crippen molar-refractivity contribution < 1.29 is 9.18 Å². The van der Waals surface area contributed by atoms with Crippen molar-refractivity contribution >= 4 is 21.8 Å². The maximum atomic E-state index is 14.1. The van der Waals surface area contributed by atoms with Crippen LogP contribution in [0.3, 0.4) is 0 Å². The topological polar surface area (TPSA) is 72.7 Å². The van der Waals surface area contributed by atoms with Gasteiger partial charge < -0.3 is 5.32 Å². The molecule has 0 unspecified atom stereocenters. The second-order valence-electron chi connectivity index (χ2n) is 5.28. The van der Waals surface area contributed by atoms with Crippen molar-refractivity contribution in [3.8, 4) is 22.8 Å². The Morgan fingerprint density at radius 3 is 2.92 bits per heavy atom. The highest BCUT2D eigenvalue weighted by atomic mass is 79.9.